The Hall–Kier alpha value is -1.37. The van der Waals surface area contributed by atoms with Gasteiger partial charge in [0.15, 0.2) is 0 Å². The van der Waals surface area contributed by atoms with Crippen LogP contribution in [0.1, 0.15) is 65.0 Å². The van der Waals surface area contributed by atoms with E-state index < -0.39 is 0 Å². The molecule has 0 saturated carbocycles. The number of hydrogen-bond donors (Lipinski definition) is 3. The van der Waals surface area contributed by atoms with E-state index in [1.807, 2.05) is 20.8 Å². The Morgan fingerprint density at radius 3 is 2.41 bits per heavy atom. The predicted molar refractivity (Wildman–Crippen MR) is 112 cm³/mol. The average Bonchev–Trinajstić information content (AvgIpc) is 2.93. The number of rotatable bonds is 13. The van der Waals surface area contributed by atoms with E-state index in [0.29, 0.717) is 18.0 Å². The van der Waals surface area contributed by atoms with E-state index in [-0.39, 0.29) is 0 Å². The van der Waals surface area contributed by atoms with Crippen molar-refractivity contribution < 1.29 is 9.36 Å². The van der Waals surface area contributed by atoms with E-state index >= 15 is 0 Å². The first-order valence-electron chi connectivity index (χ1n) is 10.2. The summed E-state index contributed by atoms with van der Waals surface area (Å²) >= 11 is 0. The van der Waals surface area contributed by atoms with Gasteiger partial charge >= 0.3 is 0 Å². The van der Waals surface area contributed by atoms with E-state index in [4.69, 9.17) is 9.36 Å². The summed E-state index contributed by atoms with van der Waals surface area (Å²) in [6, 6.07) is 0.769. The number of nitrogens with zero attached hydrogens (tertiary/aromatic N) is 1. The summed E-state index contributed by atoms with van der Waals surface area (Å²) in [4.78, 5) is 5.85. The molecule has 156 valence electrons. The Kier molecular flexibility index (Phi) is 10.7. The van der Waals surface area contributed by atoms with Gasteiger partial charge in [-0.3, -0.25) is 0 Å². The van der Waals surface area contributed by atoms with Crippen molar-refractivity contribution in [3.8, 4) is 0 Å². The summed E-state index contributed by atoms with van der Waals surface area (Å²) in [5, 5.41) is 11.0. The minimum absolute atomic E-state index is 0.305. The van der Waals surface area contributed by atoms with Gasteiger partial charge in [-0.05, 0) is 58.6 Å². The third-order valence-corrected chi connectivity index (χ3v) is 5.02. The van der Waals surface area contributed by atoms with Gasteiger partial charge < -0.3 is 20.0 Å². The molecule has 0 saturated heterocycles. The Morgan fingerprint density at radius 2 is 1.85 bits per heavy atom. The first-order valence-corrected chi connectivity index (χ1v) is 10.2. The fourth-order valence-corrected chi connectivity index (χ4v) is 2.92. The molecule has 1 rings (SSSR count). The van der Waals surface area contributed by atoms with Crippen molar-refractivity contribution in [3.63, 3.8) is 0 Å². The molecule has 2 unspecified atom stereocenters. The van der Waals surface area contributed by atoms with Crippen LogP contribution in [0, 0.1) is 19.8 Å². The van der Waals surface area contributed by atoms with Gasteiger partial charge in [-0.25, -0.2) is 0 Å². The topological polar surface area (TPSA) is 71.3 Å². The van der Waals surface area contributed by atoms with Crippen molar-refractivity contribution in [1.29, 1.82) is 0 Å². The van der Waals surface area contributed by atoms with Crippen LogP contribution in [0.25, 0.3) is 0 Å². The fourth-order valence-electron chi connectivity index (χ4n) is 2.92. The molecule has 0 aliphatic rings. The molecule has 3 N–H and O–H groups in total. The zero-order valence-corrected chi connectivity index (χ0v) is 18.5. The van der Waals surface area contributed by atoms with Crippen molar-refractivity contribution in [2.24, 2.45) is 5.92 Å². The zero-order chi connectivity index (χ0) is 20.4. The maximum Gasteiger partial charge on any atom is 0.137 e. The zero-order valence-electron chi connectivity index (χ0n) is 18.5. The maximum atomic E-state index is 5.85. The van der Waals surface area contributed by atoms with Gasteiger partial charge in [-0.1, -0.05) is 32.9 Å². The van der Waals surface area contributed by atoms with Gasteiger partial charge in [-0.2, -0.15) is 5.48 Å². The monoisotopic (exact) mass is 380 g/mol. The molecule has 0 spiro atoms. The van der Waals surface area contributed by atoms with E-state index in [1.54, 1.807) is 0 Å². The highest BCUT2D eigenvalue weighted by Gasteiger charge is 2.13. The van der Waals surface area contributed by atoms with Crippen molar-refractivity contribution in [2.45, 2.75) is 80.3 Å². The normalized spacial score (nSPS) is 15.0. The second kappa shape index (κ2) is 12.2. The molecule has 1 aromatic heterocycles. The Balaban J connectivity index is 2.39. The lowest BCUT2D eigenvalue weighted by atomic mass is 9.97. The number of allylic oxidation sites excluding steroid dienone is 1. The minimum atomic E-state index is 0.305. The van der Waals surface area contributed by atoms with Gasteiger partial charge in [0.1, 0.15) is 11.5 Å². The molecule has 0 amide bonds. The van der Waals surface area contributed by atoms with Crippen LogP contribution in [0.4, 0.5) is 0 Å². The third kappa shape index (κ3) is 8.45. The van der Waals surface area contributed by atoms with Crippen LogP contribution in [-0.2, 0) is 11.3 Å². The molecule has 6 nitrogen and oxygen atoms in total. The molecule has 0 aromatic carbocycles. The lowest BCUT2D eigenvalue weighted by Crippen LogP contribution is -2.37. The van der Waals surface area contributed by atoms with Crippen molar-refractivity contribution in [1.82, 2.24) is 21.3 Å². The van der Waals surface area contributed by atoms with Gasteiger partial charge in [0.25, 0.3) is 0 Å². The molecule has 6 heteroatoms. The molecule has 1 heterocycles. The molecule has 0 aliphatic carbocycles. The molecule has 0 aliphatic heterocycles. The summed E-state index contributed by atoms with van der Waals surface area (Å²) in [7, 11) is 0. The van der Waals surface area contributed by atoms with Crippen LogP contribution in [0.15, 0.2) is 15.9 Å². The van der Waals surface area contributed by atoms with Crippen LogP contribution >= 0.6 is 0 Å². The molecular weight excluding hydrogens is 340 g/mol. The van der Waals surface area contributed by atoms with Gasteiger partial charge in [0.2, 0.25) is 0 Å². The molecule has 2 atom stereocenters. The van der Waals surface area contributed by atoms with Crippen molar-refractivity contribution >= 4 is 0 Å². The van der Waals surface area contributed by atoms with E-state index in [9.17, 15) is 0 Å². The molecule has 0 bridgehead atoms. The van der Waals surface area contributed by atoms with E-state index in [2.05, 4.69) is 55.9 Å². The van der Waals surface area contributed by atoms with E-state index in [1.165, 1.54) is 11.1 Å². The summed E-state index contributed by atoms with van der Waals surface area (Å²) < 4.78 is 5.21. The quantitative estimate of drug-likeness (QED) is 0.358. The summed E-state index contributed by atoms with van der Waals surface area (Å²) in [6.07, 6.45) is 2.03. The highest BCUT2D eigenvalue weighted by atomic mass is 16.6. The standard InChI is InChI=1S/C21H40N4O2/c1-9-15(4)21(13-23-14(2)3)19(8)26-24-12-16(5)22-11-10-20-17(6)25-27-18(20)7/h14-16,22-24H,9-13H2,1-8H3/b21-19-. The summed E-state index contributed by atoms with van der Waals surface area (Å²) in [5.41, 5.74) is 6.64. The molecule has 27 heavy (non-hydrogen) atoms. The lowest BCUT2D eigenvalue weighted by molar-refractivity contribution is 0.0955. The van der Waals surface area contributed by atoms with Crippen molar-refractivity contribution in [2.75, 3.05) is 19.6 Å². The predicted octanol–water partition coefficient (Wildman–Crippen LogP) is 3.65. The summed E-state index contributed by atoms with van der Waals surface area (Å²) in [5.74, 6) is 2.39. The highest BCUT2D eigenvalue weighted by molar-refractivity contribution is 5.20. The number of hydrogen-bond acceptors (Lipinski definition) is 6. The lowest BCUT2D eigenvalue weighted by Gasteiger charge is -2.21. The highest BCUT2D eigenvalue weighted by Crippen LogP contribution is 2.18. The Bertz CT molecular complexity index is 561. The average molecular weight is 381 g/mol. The van der Waals surface area contributed by atoms with E-state index in [0.717, 1.165) is 49.7 Å². The van der Waals surface area contributed by atoms with Crippen molar-refractivity contribution in [3.05, 3.63) is 28.3 Å². The molecular formula is C21H40N4O2. The fraction of sp³-hybridized carbons (Fsp3) is 0.762. The Morgan fingerprint density at radius 1 is 1.15 bits per heavy atom. The van der Waals surface area contributed by atoms with Crippen LogP contribution in [-0.4, -0.2) is 36.9 Å². The molecule has 0 radical (unpaired) electrons. The summed E-state index contributed by atoms with van der Waals surface area (Å²) in [6.45, 7) is 19.4. The smallest absolute Gasteiger partial charge is 0.137 e. The first-order chi connectivity index (χ1) is 12.8. The van der Waals surface area contributed by atoms with Gasteiger partial charge in [-0.15, -0.1) is 0 Å². The number of hydroxylamine groups is 1. The van der Waals surface area contributed by atoms with Gasteiger partial charge in [0, 0.05) is 30.7 Å². The van der Waals surface area contributed by atoms with Crippen LogP contribution in [0.5, 0.6) is 0 Å². The maximum absolute atomic E-state index is 5.85. The van der Waals surface area contributed by atoms with Gasteiger partial charge in [0.05, 0.1) is 5.69 Å². The largest absolute Gasteiger partial charge is 0.413 e. The third-order valence-electron chi connectivity index (χ3n) is 5.02. The minimum Gasteiger partial charge on any atom is -0.413 e. The van der Waals surface area contributed by atoms with Crippen LogP contribution in [0.3, 0.4) is 0 Å². The SMILES string of the molecule is CCC(C)/C(CNC(C)C)=C(/C)ONCC(C)NCCc1c(C)noc1C. The van der Waals surface area contributed by atoms with Crippen LogP contribution in [0.2, 0.25) is 0 Å². The number of aromatic nitrogens is 1. The van der Waals surface area contributed by atoms with Crippen LogP contribution < -0.4 is 16.1 Å². The number of aryl methyl sites for hydroxylation is 2. The second-order valence-electron chi connectivity index (χ2n) is 7.78. The number of nitrogens with one attached hydrogen (secondary N) is 3. The molecule has 1 aromatic rings. The second-order valence-corrected chi connectivity index (χ2v) is 7.78. The Labute approximate surface area is 165 Å². The first kappa shape index (κ1) is 23.7. The molecule has 0 fully saturated rings.